The molecule has 21 heavy (non-hydrogen) atoms. The molecule has 0 spiro atoms. The zero-order valence-electron chi connectivity index (χ0n) is 11.9. The Kier molecular flexibility index (Phi) is 4.17. The molecule has 106 valence electrons. The summed E-state index contributed by atoms with van der Waals surface area (Å²) in [4.78, 5) is 9.04. The van der Waals surface area contributed by atoms with Crippen molar-refractivity contribution >= 4 is 27.3 Å². The van der Waals surface area contributed by atoms with Gasteiger partial charge in [-0.1, -0.05) is 41.9 Å². The highest BCUT2D eigenvalue weighted by molar-refractivity contribution is 9.10. The Labute approximate surface area is 137 Å². The summed E-state index contributed by atoms with van der Waals surface area (Å²) in [5.41, 5.74) is 4.58. The number of rotatable bonds is 3. The van der Waals surface area contributed by atoms with Gasteiger partial charge < -0.3 is 0 Å². The van der Waals surface area contributed by atoms with Gasteiger partial charge in [-0.05, 0) is 29.7 Å². The molecule has 0 saturated carbocycles. The van der Waals surface area contributed by atoms with Gasteiger partial charge in [0.25, 0.3) is 0 Å². The van der Waals surface area contributed by atoms with Gasteiger partial charge in [-0.15, -0.1) is 11.3 Å². The normalized spacial score (nSPS) is 11.0. The Morgan fingerprint density at radius 2 is 1.86 bits per heavy atom. The van der Waals surface area contributed by atoms with Gasteiger partial charge in [0.2, 0.25) is 0 Å². The molecule has 0 atom stereocenters. The van der Waals surface area contributed by atoms with Crippen LogP contribution in [0.1, 0.15) is 25.3 Å². The minimum Gasteiger partial charge on any atom is -0.264 e. The standard InChI is InChI=1S/C17H15BrN2S/c1-11(2)14-7-8-19-9-15(14)17-20-16(10-21-17)12-3-5-13(18)6-4-12/h3-11H,1-2H3. The lowest BCUT2D eigenvalue weighted by Crippen LogP contribution is -1.93. The Morgan fingerprint density at radius 3 is 2.57 bits per heavy atom. The Bertz CT molecular complexity index is 747. The molecule has 0 amide bonds. The summed E-state index contributed by atoms with van der Waals surface area (Å²) in [6, 6.07) is 10.3. The molecule has 0 aliphatic carbocycles. The molecule has 2 heterocycles. The minimum absolute atomic E-state index is 0.461. The van der Waals surface area contributed by atoms with Crippen LogP contribution in [-0.4, -0.2) is 9.97 Å². The van der Waals surface area contributed by atoms with Crippen LogP contribution in [0.5, 0.6) is 0 Å². The fourth-order valence-corrected chi connectivity index (χ4v) is 3.36. The molecular formula is C17H15BrN2S. The van der Waals surface area contributed by atoms with Gasteiger partial charge in [0.1, 0.15) is 5.01 Å². The summed E-state index contributed by atoms with van der Waals surface area (Å²) in [5.74, 6) is 0.461. The summed E-state index contributed by atoms with van der Waals surface area (Å²) in [6.45, 7) is 4.39. The molecular weight excluding hydrogens is 344 g/mol. The third-order valence-electron chi connectivity index (χ3n) is 3.35. The van der Waals surface area contributed by atoms with E-state index in [4.69, 9.17) is 4.98 Å². The largest absolute Gasteiger partial charge is 0.264 e. The van der Waals surface area contributed by atoms with Gasteiger partial charge in [0.05, 0.1) is 5.69 Å². The highest BCUT2D eigenvalue weighted by atomic mass is 79.9. The van der Waals surface area contributed by atoms with Gasteiger partial charge in [-0.3, -0.25) is 4.98 Å². The molecule has 0 N–H and O–H groups in total. The molecule has 3 aromatic rings. The Morgan fingerprint density at radius 1 is 1.10 bits per heavy atom. The predicted octanol–water partition coefficient (Wildman–Crippen LogP) is 5.76. The highest BCUT2D eigenvalue weighted by Gasteiger charge is 2.12. The quantitative estimate of drug-likeness (QED) is 0.594. The van der Waals surface area contributed by atoms with Crippen LogP contribution < -0.4 is 0 Å². The topological polar surface area (TPSA) is 25.8 Å². The maximum atomic E-state index is 4.79. The first-order chi connectivity index (χ1) is 10.1. The predicted molar refractivity (Wildman–Crippen MR) is 92.6 cm³/mol. The average Bonchev–Trinajstić information content (AvgIpc) is 2.97. The molecule has 1 aromatic carbocycles. The lowest BCUT2D eigenvalue weighted by atomic mass is 10.00. The van der Waals surface area contributed by atoms with Gasteiger partial charge in [0.15, 0.2) is 0 Å². The first kappa shape index (κ1) is 14.4. The van der Waals surface area contributed by atoms with E-state index in [1.165, 1.54) is 5.56 Å². The van der Waals surface area contributed by atoms with Crippen molar-refractivity contribution in [2.24, 2.45) is 0 Å². The number of aromatic nitrogens is 2. The van der Waals surface area contributed by atoms with E-state index in [0.29, 0.717) is 5.92 Å². The van der Waals surface area contributed by atoms with Crippen LogP contribution in [0.4, 0.5) is 0 Å². The first-order valence-corrected chi connectivity index (χ1v) is 8.48. The van der Waals surface area contributed by atoms with Crippen molar-refractivity contribution in [2.75, 3.05) is 0 Å². The van der Waals surface area contributed by atoms with E-state index < -0.39 is 0 Å². The molecule has 0 unspecified atom stereocenters. The fourth-order valence-electron chi connectivity index (χ4n) is 2.24. The van der Waals surface area contributed by atoms with Crippen LogP contribution in [0.2, 0.25) is 0 Å². The van der Waals surface area contributed by atoms with Crippen molar-refractivity contribution in [1.82, 2.24) is 9.97 Å². The van der Waals surface area contributed by atoms with E-state index in [9.17, 15) is 0 Å². The van der Waals surface area contributed by atoms with E-state index in [-0.39, 0.29) is 0 Å². The van der Waals surface area contributed by atoms with Crippen LogP contribution >= 0.6 is 27.3 Å². The second-order valence-electron chi connectivity index (χ2n) is 5.16. The van der Waals surface area contributed by atoms with Gasteiger partial charge in [-0.2, -0.15) is 0 Å². The van der Waals surface area contributed by atoms with Gasteiger partial charge in [-0.25, -0.2) is 4.98 Å². The van der Waals surface area contributed by atoms with Crippen molar-refractivity contribution in [1.29, 1.82) is 0 Å². The summed E-state index contributed by atoms with van der Waals surface area (Å²) >= 11 is 5.13. The van der Waals surface area contributed by atoms with Crippen LogP contribution in [0, 0.1) is 0 Å². The van der Waals surface area contributed by atoms with E-state index in [1.54, 1.807) is 11.3 Å². The summed E-state index contributed by atoms with van der Waals surface area (Å²) in [7, 11) is 0. The highest BCUT2D eigenvalue weighted by Crippen LogP contribution is 2.33. The number of thiazole rings is 1. The smallest absolute Gasteiger partial charge is 0.125 e. The molecule has 2 nitrogen and oxygen atoms in total. The van der Waals surface area contributed by atoms with Crippen molar-refractivity contribution in [3.63, 3.8) is 0 Å². The van der Waals surface area contributed by atoms with E-state index >= 15 is 0 Å². The molecule has 3 rings (SSSR count). The molecule has 0 aliphatic heterocycles. The molecule has 4 heteroatoms. The number of nitrogens with zero attached hydrogens (tertiary/aromatic N) is 2. The third kappa shape index (κ3) is 3.06. The first-order valence-electron chi connectivity index (χ1n) is 6.81. The van der Waals surface area contributed by atoms with Crippen molar-refractivity contribution in [3.05, 3.63) is 58.1 Å². The van der Waals surface area contributed by atoms with Crippen LogP contribution in [-0.2, 0) is 0 Å². The maximum absolute atomic E-state index is 4.79. The minimum atomic E-state index is 0.461. The zero-order chi connectivity index (χ0) is 14.8. The van der Waals surface area contributed by atoms with Crippen LogP contribution in [0.3, 0.4) is 0 Å². The Hall–Kier alpha value is -1.52. The summed E-state index contributed by atoms with van der Waals surface area (Å²) < 4.78 is 1.08. The molecule has 0 radical (unpaired) electrons. The Balaban J connectivity index is 2.01. The van der Waals surface area contributed by atoms with E-state index in [0.717, 1.165) is 26.3 Å². The monoisotopic (exact) mass is 358 g/mol. The average molecular weight is 359 g/mol. The van der Waals surface area contributed by atoms with Gasteiger partial charge >= 0.3 is 0 Å². The van der Waals surface area contributed by atoms with Crippen molar-refractivity contribution < 1.29 is 0 Å². The second-order valence-corrected chi connectivity index (χ2v) is 6.94. The molecule has 2 aromatic heterocycles. The SMILES string of the molecule is CC(C)c1ccncc1-c1nc(-c2ccc(Br)cc2)cs1. The van der Waals surface area contributed by atoms with E-state index in [1.807, 2.05) is 24.5 Å². The number of hydrogen-bond donors (Lipinski definition) is 0. The third-order valence-corrected chi connectivity index (χ3v) is 4.76. The number of benzene rings is 1. The number of hydrogen-bond acceptors (Lipinski definition) is 3. The number of pyridine rings is 1. The summed E-state index contributed by atoms with van der Waals surface area (Å²) in [5, 5.41) is 3.14. The molecule has 0 saturated heterocycles. The van der Waals surface area contributed by atoms with Crippen LogP contribution in [0.15, 0.2) is 52.6 Å². The summed E-state index contributed by atoms with van der Waals surface area (Å²) in [6.07, 6.45) is 3.77. The van der Waals surface area contributed by atoms with Crippen molar-refractivity contribution in [3.8, 4) is 21.8 Å². The van der Waals surface area contributed by atoms with Gasteiger partial charge in [0, 0.05) is 33.4 Å². The lowest BCUT2D eigenvalue weighted by Gasteiger charge is -2.09. The van der Waals surface area contributed by atoms with E-state index in [2.05, 4.69) is 58.3 Å². The zero-order valence-corrected chi connectivity index (χ0v) is 14.3. The molecule has 0 aliphatic rings. The number of halogens is 1. The maximum Gasteiger partial charge on any atom is 0.125 e. The lowest BCUT2D eigenvalue weighted by molar-refractivity contribution is 0.865. The van der Waals surface area contributed by atoms with Crippen molar-refractivity contribution in [2.45, 2.75) is 19.8 Å². The molecule has 0 bridgehead atoms. The van der Waals surface area contributed by atoms with Crippen LogP contribution in [0.25, 0.3) is 21.8 Å². The molecule has 0 fully saturated rings. The fraction of sp³-hybridized carbons (Fsp3) is 0.176. The second kappa shape index (κ2) is 6.08.